The van der Waals surface area contributed by atoms with Crippen LogP contribution in [0.3, 0.4) is 0 Å². The zero-order valence-corrected chi connectivity index (χ0v) is 20.0. The lowest BCUT2D eigenvalue weighted by atomic mass is 9.72. The Morgan fingerprint density at radius 2 is 1.81 bits per heavy atom. The molecule has 0 saturated carbocycles. The molecule has 1 fully saturated rings. The van der Waals surface area contributed by atoms with E-state index in [2.05, 4.69) is 45.9 Å². The molecule has 0 radical (unpaired) electrons. The number of aliphatic hydroxyl groups is 4. The number of rotatable bonds is 8. The van der Waals surface area contributed by atoms with Gasteiger partial charge in [-0.3, -0.25) is 0 Å². The van der Waals surface area contributed by atoms with Crippen LogP contribution >= 0.6 is 0 Å². The molecule has 0 aromatic heterocycles. The van der Waals surface area contributed by atoms with Crippen molar-refractivity contribution >= 4 is 0 Å². The minimum atomic E-state index is -1.43. The maximum absolute atomic E-state index is 9.99. The molecule has 4 N–H and O–H groups in total. The van der Waals surface area contributed by atoms with Crippen LogP contribution in [0, 0.1) is 5.41 Å². The van der Waals surface area contributed by atoms with E-state index in [0.717, 1.165) is 11.1 Å². The largest absolute Gasteiger partial charge is 0.394 e. The molecule has 0 aromatic carbocycles. The van der Waals surface area contributed by atoms with Crippen molar-refractivity contribution in [3.05, 3.63) is 58.7 Å². The maximum Gasteiger partial charge on any atom is 0.187 e. The lowest BCUT2D eigenvalue weighted by molar-refractivity contribution is -0.298. The molecule has 180 valence electrons. The van der Waals surface area contributed by atoms with Gasteiger partial charge in [-0.1, -0.05) is 67.0 Å². The molecule has 1 aliphatic heterocycles. The van der Waals surface area contributed by atoms with Gasteiger partial charge in [0.05, 0.1) is 13.2 Å². The third kappa shape index (κ3) is 7.24. The van der Waals surface area contributed by atoms with Crippen LogP contribution in [0.25, 0.3) is 0 Å². The fraction of sp³-hybridized carbons (Fsp3) is 0.615. The Hall–Kier alpha value is -1.54. The third-order valence-electron chi connectivity index (χ3n) is 6.29. The van der Waals surface area contributed by atoms with Gasteiger partial charge in [0.1, 0.15) is 24.4 Å². The summed E-state index contributed by atoms with van der Waals surface area (Å²) >= 11 is 0. The van der Waals surface area contributed by atoms with Crippen molar-refractivity contribution in [2.45, 2.75) is 84.6 Å². The first-order valence-corrected chi connectivity index (χ1v) is 11.4. The Morgan fingerprint density at radius 3 is 2.47 bits per heavy atom. The van der Waals surface area contributed by atoms with Crippen LogP contribution in [-0.2, 0) is 9.47 Å². The molecule has 1 heterocycles. The van der Waals surface area contributed by atoms with Gasteiger partial charge in [-0.2, -0.15) is 0 Å². The van der Waals surface area contributed by atoms with Crippen LogP contribution in [0.15, 0.2) is 58.7 Å². The second-order valence-corrected chi connectivity index (χ2v) is 9.51. The molecule has 1 saturated heterocycles. The van der Waals surface area contributed by atoms with Crippen LogP contribution in [0.4, 0.5) is 0 Å². The number of aliphatic hydroxyl groups excluding tert-OH is 4. The highest BCUT2D eigenvalue weighted by Gasteiger charge is 2.43. The summed E-state index contributed by atoms with van der Waals surface area (Å²) in [5.41, 5.74) is 5.29. The van der Waals surface area contributed by atoms with Gasteiger partial charge >= 0.3 is 0 Å². The third-order valence-corrected chi connectivity index (χ3v) is 6.29. The van der Waals surface area contributed by atoms with Gasteiger partial charge in [-0.15, -0.1) is 0 Å². The van der Waals surface area contributed by atoms with Gasteiger partial charge in [0.25, 0.3) is 0 Å². The van der Waals surface area contributed by atoms with E-state index < -0.39 is 37.3 Å². The van der Waals surface area contributed by atoms with Crippen molar-refractivity contribution in [3.63, 3.8) is 0 Å². The van der Waals surface area contributed by atoms with Crippen molar-refractivity contribution in [3.8, 4) is 0 Å². The summed E-state index contributed by atoms with van der Waals surface area (Å²) in [5, 5.41) is 38.8. The Kier molecular flexibility index (Phi) is 10.1. The lowest BCUT2D eigenvalue weighted by Gasteiger charge is -2.39. The minimum Gasteiger partial charge on any atom is -0.394 e. The number of allylic oxidation sites excluding steroid dienone is 9. The highest BCUT2D eigenvalue weighted by molar-refractivity contribution is 5.37. The maximum atomic E-state index is 9.99. The quantitative estimate of drug-likeness (QED) is 0.425. The Balaban J connectivity index is 1.88. The van der Waals surface area contributed by atoms with E-state index in [9.17, 15) is 20.4 Å². The van der Waals surface area contributed by atoms with Crippen molar-refractivity contribution in [2.24, 2.45) is 5.41 Å². The van der Waals surface area contributed by atoms with E-state index >= 15 is 0 Å². The number of hydrogen-bond donors (Lipinski definition) is 4. The van der Waals surface area contributed by atoms with Gasteiger partial charge in [0.2, 0.25) is 0 Å². The summed E-state index contributed by atoms with van der Waals surface area (Å²) < 4.78 is 10.8. The second-order valence-electron chi connectivity index (χ2n) is 9.51. The molecule has 6 nitrogen and oxygen atoms in total. The normalized spacial score (nSPS) is 32.3. The first-order valence-electron chi connectivity index (χ1n) is 11.4. The molecule has 2 aliphatic rings. The molecule has 0 amide bonds. The van der Waals surface area contributed by atoms with Crippen molar-refractivity contribution < 1.29 is 29.9 Å². The van der Waals surface area contributed by atoms with E-state index in [1.54, 1.807) is 0 Å². The van der Waals surface area contributed by atoms with Crippen LogP contribution in [-0.4, -0.2) is 64.3 Å². The molecular weight excluding hydrogens is 408 g/mol. The lowest BCUT2D eigenvalue weighted by Crippen LogP contribution is -2.59. The Morgan fingerprint density at radius 1 is 1.09 bits per heavy atom. The van der Waals surface area contributed by atoms with Crippen molar-refractivity contribution in [1.29, 1.82) is 0 Å². The summed E-state index contributed by atoms with van der Waals surface area (Å²) in [7, 11) is 0. The molecule has 0 spiro atoms. The van der Waals surface area contributed by atoms with Gasteiger partial charge in [-0.05, 0) is 51.0 Å². The standard InChI is InChI=1S/C26H40O6/c1-17(11-12-20-19(3)10-7-14-26(20,4)5)8-6-9-18(2)13-15-31-25-24(30)23(29)22(28)21(16-27)32-25/h6,8-9,11-13,21-25,27-30H,7,10,14-16H2,1-5H3/b9-6+,12-11+,17-8+,18-13+/t21-,22-,23+,24+,25-/m0/s1. The van der Waals surface area contributed by atoms with Gasteiger partial charge < -0.3 is 29.9 Å². The minimum absolute atomic E-state index is 0.157. The van der Waals surface area contributed by atoms with E-state index in [4.69, 9.17) is 9.47 Å². The molecule has 0 bridgehead atoms. The fourth-order valence-corrected chi connectivity index (χ4v) is 4.18. The molecule has 32 heavy (non-hydrogen) atoms. The van der Waals surface area contributed by atoms with Gasteiger partial charge in [0.15, 0.2) is 6.29 Å². The zero-order valence-electron chi connectivity index (χ0n) is 20.0. The Labute approximate surface area is 192 Å². The average molecular weight is 449 g/mol. The first kappa shape index (κ1) is 26.7. The summed E-state index contributed by atoms with van der Waals surface area (Å²) in [5.74, 6) is 0. The van der Waals surface area contributed by atoms with Crippen LogP contribution < -0.4 is 0 Å². The average Bonchev–Trinajstić information content (AvgIpc) is 2.73. The van der Waals surface area contributed by atoms with Gasteiger partial charge in [-0.25, -0.2) is 0 Å². The fourth-order valence-electron chi connectivity index (χ4n) is 4.18. The van der Waals surface area contributed by atoms with Gasteiger partial charge in [0, 0.05) is 0 Å². The van der Waals surface area contributed by atoms with Crippen molar-refractivity contribution in [2.75, 3.05) is 13.2 Å². The predicted molar refractivity (Wildman–Crippen MR) is 126 cm³/mol. The van der Waals surface area contributed by atoms with E-state index in [1.807, 2.05) is 25.2 Å². The number of ether oxygens (including phenoxy) is 2. The predicted octanol–water partition coefficient (Wildman–Crippen LogP) is 3.33. The summed E-state index contributed by atoms with van der Waals surface area (Å²) in [6.07, 6.45) is 9.62. The monoisotopic (exact) mass is 448 g/mol. The molecule has 2 rings (SSSR count). The summed E-state index contributed by atoms with van der Waals surface area (Å²) in [4.78, 5) is 0. The molecule has 5 atom stereocenters. The van der Waals surface area contributed by atoms with E-state index in [0.29, 0.717) is 0 Å². The smallest absolute Gasteiger partial charge is 0.187 e. The highest BCUT2D eigenvalue weighted by atomic mass is 16.7. The van der Waals surface area contributed by atoms with E-state index in [-0.39, 0.29) is 12.0 Å². The molecule has 0 unspecified atom stereocenters. The highest BCUT2D eigenvalue weighted by Crippen LogP contribution is 2.40. The number of hydrogen-bond acceptors (Lipinski definition) is 6. The van der Waals surface area contributed by atoms with Crippen molar-refractivity contribution in [1.82, 2.24) is 0 Å². The molecule has 6 heteroatoms. The zero-order chi connectivity index (χ0) is 23.9. The summed E-state index contributed by atoms with van der Waals surface area (Å²) in [6, 6.07) is 0. The second kappa shape index (κ2) is 12.1. The van der Waals surface area contributed by atoms with Crippen LogP contribution in [0.5, 0.6) is 0 Å². The Bertz CT molecular complexity index is 771. The van der Waals surface area contributed by atoms with E-state index in [1.165, 1.54) is 30.4 Å². The molecular formula is C26H40O6. The SMILES string of the molecule is CC1=C(/C=C/C(C)=C/C=C/C(C)=C/CO[C@H]2O[C@@H](CO)[C@H](O)[C@@H](O)[C@H]2O)C(C)(C)CCC1. The first-order chi connectivity index (χ1) is 15.1. The molecule has 0 aromatic rings. The van der Waals surface area contributed by atoms with Crippen LogP contribution in [0.2, 0.25) is 0 Å². The van der Waals surface area contributed by atoms with Crippen LogP contribution in [0.1, 0.15) is 53.9 Å². The topological polar surface area (TPSA) is 99.4 Å². The molecule has 1 aliphatic carbocycles. The summed E-state index contributed by atoms with van der Waals surface area (Å²) in [6.45, 7) is 10.6.